The fourth-order valence-corrected chi connectivity index (χ4v) is 1.86. The second kappa shape index (κ2) is 9.19. The van der Waals surface area contributed by atoms with Crippen molar-refractivity contribution in [1.29, 1.82) is 0 Å². The van der Waals surface area contributed by atoms with E-state index in [0.29, 0.717) is 30.7 Å². The summed E-state index contributed by atoms with van der Waals surface area (Å²) in [5.74, 6) is 3.29. The van der Waals surface area contributed by atoms with E-state index in [1.807, 2.05) is 0 Å². The van der Waals surface area contributed by atoms with Crippen molar-refractivity contribution in [3.63, 3.8) is 0 Å². The van der Waals surface area contributed by atoms with Gasteiger partial charge >= 0.3 is 5.97 Å². The Morgan fingerprint density at radius 3 is 1.80 bits per heavy atom. The van der Waals surface area contributed by atoms with Crippen LogP contribution in [0, 0.1) is 0 Å². The average molecular weight is 286 g/mol. The van der Waals surface area contributed by atoms with Crippen LogP contribution in [0.1, 0.15) is 52.4 Å². The molecule has 3 N–H and O–H groups in total. The van der Waals surface area contributed by atoms with Crippen LogP contribution in [-0.4, -0.2) is 39.6 Å². The molecule has 0 fully saturated rings. The first-order valence-electron chi connectivity index (χ1n) is 6.56. The van der Waals surface area contributed by atoms with Gasteiger partial charge in [0, 0.05) is 12.8 Å². The molecule has 0 bridgehead atoms. The third-order valence-corrected chi connectivity index (χ3v) is 2.87. The minimum Gasteiger partial charge on any atom is -0.481 e. The Bertz CT molecular complexity index is 367. The van der Waals surface area contributed by atoms with E-state index in [9.17, 15) is 19.2 Å². The standard InChI is InChI=1S/C13H22N2O5/c1-9(16)13(10(2)17)15(14)11(18)7-5-3-4-6-8-12(19)20/h13H,3-8,14H2,1-2H3,(H,19,20). The van der Waals surface area contributed by atoms with Crippen LogP contribution in [0.25, 0.3) is 0 Å². The topological polar surface area (TPSA) is 118 Å². The number of amides is 1. The zero-order valence-corrected chi connectivity index (χ0v) is 11.9. The number of hydrazine groups is 1. The van der Waals surface area contributed by atoms with Crippen molar-refractivity contribution >= 4 is 23.4 Å². The molecule has 0 saturated carbocycles. The van der Waals surface area contributed by atoms with E-state index < -0.39 is 29.5 Å². The lowest BCUT2D eigenvalue weighted by Gasteiger charge is -2.23. The smallest absolute Gasteiger partial charge is 0.303 e. The first kappa shape index (κ1) is 18.2. The Morgan fingerprint density at radius 1 is 0.950 bits per heavy atom. The molecule has 0 aromatic heterocycles. The lowest BCUT2D eigenvalue weighted by atomic mass is 10.1. The number of carboxylic acid groups (broad SMARTS) is 1. The molecule has 0 aliphatic heterocycles. The number of unbranched alkanes of at least 4 members (excludes halogenated alkanes) is 3. The number of carboxylic acids is 1. The van der Waals surface area contributed by atoms with Gasteiger partial charge in [0.05, 0.1) is 0 Å². The third-order valence-electron chi connectivity index (χ3n) is 2.87. The van der Waals surface area contributed by atoms with E-state index >= 15 is 0 Å². The van der Waals surface area contributed by atoms with Crippen molar-refractivity contribution in [3.8, 4) is 0 Å². The molecule has 0 aliphatic rings. The van der Waals surface area contributed by atoms with Crippen LogP contribution in [0.4, 0.5) is 0 Å². The number of ketones is 2. The van der Waals surface area contributed by atoms with Gasteiger partial charge in [-0.15, -0.1) is 0 Å². The zero-order valence-electron chi connectivity index (χ0n) is 11.9. The summed E-state index contributed by atoms with van der Waals surface area (Å²) in [7, 11) is 0. The summed E-state index contributed by atoms with van der Waals surface area (Å²) in [6.07, 6.45) is 2.80. The van der Waals surface area contributed by atoms with Crippen LogP contribution in [-0.2, 0) is 19.2 Å². The number of nitrogens with zero attached hydrogens (tertiary/aromatic N) is 1. The maximum Gasteiger partial charge on any atom is 0.303 e. The fraction of sp³-hybridized carbons (Fsp3) is 0.692. The highest BCUT2D eigenvalue weighted by molar-refractivity contribution is 6.06. The summed E-state index contributed by atoms with van der Waals surface area (Å²) in [5.41, 5.74) is 0. The molecule has 114 valence electrons. The highest BCUT2D eigenvalue weighted by atomic mass is 16.4. The minimum absolute atomic E-state index is 0.119. The molecular weight excluding hydrogens is 264 g/mol. The molecule has 0 saturated heterocycles. The molecule has 0 aliphatic carbocycles. The van der Waals surface area contributed by atoms with Gasteiger partial charge in [-0.1, -0.05) is 12.8 Å². The van der Waals surface area contributed by atoms with Crippen LogP contribution in [0.15, 0.2) is 0 Å². The Balaban J connectivity index is 4.05. The van der Waals surface area contributed by atoms with Crippen molar-refractivity contribution in [2.75, 3.05) is 0 Å². The first-order chi connectivity index (χ1) is 9.27. The van der Waals surface area contributed by atoms with Crippen LogP contribution in [0.3, 0.4) is 0 Å². The van der Waals surface area contributed by atoms with Crippen LogP contribution in [0.2, 0.25) is 0 Å². The van der Waals surface area contributed by atoms with Gasteiger partial charge in [0.15, 0.2) is 17.6 Å². The number of nitrogens with two attached hydrogens (primary N) is 1. The second-order valence-corrected chi connectivity index (χ2v) is 4.73. The molecule has 0 radical (unpaired) electrons. The summed E-state index contributed by atoms with van der Waals surface area (Å²) >= 11 is 0. The van der Waals surface area contributed by atoms with Crippen molar-refractivity contribution in [1.82, 2.24) is 5.01 Å². The maximum atomic E-state index is 11.7. The monoisotopic (exact) mass is 286 g/mol. The molecule has 20 heavy (non-hydrogen) atoms. The zero-order chi connectivity index (χ0) is 15.7. The van der Waals surface area contributed by atoms with Crippen molar-refractivity contribution in [2.24, 2.45) is 5.84 Å². The van der Waals surface area contributed by atoms with Crippen LogP contribution >= 0.6 is 0 Å². The quantitative estimate of drug-likeness (QED) is 0.200. The molecule has 1 amide bonds. The summed E-state index contributed by atoms with van der Waals surface area (Å²) in [4.78, 5) is 44.5. The highest BCUT2D eigenvalue weighted by Gasteiger charge is 2.28. The van der Waals surface area contributed by atoms with Gasteiger partial charge in [0.2, 0.25) is 5.91 Å². The first-order valence-corrected chi connectivity index (χ1v) is 6.56. The van der Waals surface area contributed by atoms with E-state index in [-0.39, 0.29) is 12.8 Å². The van der Waals surface area contributed by atoms with E-state index in [1.54, 1.807) is 0 Å². The molecular formula is C13H22N2O5. The normalized spacial score (nSPS) is 10.4. The summed E-state index contributed by atoms with van der Waals surface area (Å²) < 4.78 is 0. The Kier molecular flexibility index (Phi) is 8.38. The van der Waals surface area contributed by atoms with Gasteiger partial charge in [-0.2, -0.15) is 0 Å². The average Bonchev–Trinajstić information content (AvgIpc) is 2.31. The highest BCUT2D eigenvalue weighted by Crippen LogP contribution is 2.08. The molecule has 0 rings (SSSR count). The summed E-state index contributed by atoms with van der Waals surface area (Å²) in [5, 5.41) is 9.15. The lowest BCUT2D eigenvalue weighted by molar-refractivity contribution is -0.144. The fourth-order valence-electron chi connectivity index (χ4n) is 1.86. The largest absolute Gasteiger partial charge is 0.481 e. The Morgan fingerprint density at radius 2 is 1.40 bits per heavy atom. The number of hydrogen-bond donors (Lipinski definition) is 2. The van der Waals surface area contributed by atoms with Crippen molar-refractivity contribution < 1.29 is 24.3 Å². The van der Waals surface area contributed by atoms with Gasteiger partial charge in [-0.05, 0) is 26.7 Å². The van der Waals surface area contributed by atoms with Gasteiger partial charge in [0.1, 0.15) is 0 Å². The van der Waals surface area contributed by atoms with Crippen molar-refractivity contribution in [3.05, 3.63) is 0 Å². The van der Waals surface area contributed by atoms with Crippen LogP contribution in [0.5, 0.6) is 0 Å². The number of carbonyl (C=O) groups is 4. The van der Waals surface area contributed by atoms with E-state index in [2.05, 4.69) is 0 Å². The Labute approximate surface area is 118 Å². The number of rotatable bonds is 10. The van der Waals surface area contributed by atoms with E-state index in [0.717, 1.165) is 0 Å². The number of Topliss-reactive ketones (excluding diaryl/α,β-unsaturated/α-hetero) is 2. The molecule has 7 heteroatoms. The second-order valence-electron chi connectivity index (χ2n) is 4.73. The lowest BCUT2D eigenvalue weighted by Crippen LogP contribution is -2.52. The predicted molar refractivity (Wildman–Crippen MR) is 71.5 cm³/mol. The van der Waals surface area contributed by atoms with Gasteiger partial charge in [-0.3, -0.25) is 24.2 Å². The Hall–Kier alpha value is -1.76. The number of aliphatic carboxylic acids is 1. The minimum atomic E-state index is -1.21. The number of carbonyl (C=O) groups excluding carboxylic acids is 3. The molecule has 0 atom stereocenters. The SMILES string of the molecule is CC(=O)C(C(C)=O)N(N)C(=O)CCCCCCC(=O)O. The maximum absolute atomic E-state index is 11.7. The van der Waals surface area contributed by atoms with Gasteiger partial charge < -0.3 is 5.11 Å². The van der Waals surface area contributed by atoms with Crippen LogP contribution < -0.4 is 5.84 Å². The summed E-state index contributed by atoms with van der Waals surface area (Å²) in [6, 6.07) is -1.21. The van der Waals surface area contributed by atoms with E-state index in [1.165, 1.54) is 13.8 Å². The molecule has 0 heterocycles. The third kappa shape index (κ3) is 6.98. The predicted octanol–water partition coefficient (Wildman–Crippen LogP) is 0.661. The molecule has 0 aromatic carbocycles. The molecule has 0 aromatic rings. The molecule has 0 unspecified atom stereocenters. The summed E-state index contributed by atoms with van der Waals surface area (Å²) in [6.45, 7) is 2.43. The van der Waals surface area contributed by atoms with Gasteiger partial charge in [-0.25, -0.2) is 5.84 Å². The van der Waals surface area contributed by atoms with Crippen molar-refractivity contribution in [2.45, 2.75) is 58.4 Å². The molecule has 7 nitrogen and oxygen atoms in total. The number of hydrogen-bond acceptors (Lipinski definition) is 5. The van der Waals surface area contributed by atoms with Gasteiger partial charge in [0.25, 0.3) is 0 Å². The molecule has 0 spiro atoms. The van der Waals surface area contributed by atoms with E-state index in [4.69, 9.17) is 10.9 Å².